The number of hydrogen-bond acceptors (Lipinski definition) is 8. The van der Waals surface area contributed by atoms with Crippen LogP contribution in [-0.4, -0.2) is 37.1 Å². The van der Waals surface area contributed by atoms with E-state index in [-0.39, 0.29) is 48.5 Å². The smallest absolute Gasteiger partial charge is 0.271 e. The molecule has 3 heterocycles. The van der Waals surface area contributed by atoms with Gasteiger partial charge in [-0.3, -0.25) is 23.9 Å². The van der Waals surface area contributed by atoms with E-state index >= 15 is 0 Å². The van der Waals surface area contributed by atoms with Crippen molar-refractivity contribution in [3.05, 3.63) is 91.0 Å². The largest absolute Gasteiger partial charge is 0.494 e. The fraction of sp³-hybridized carbons (Fsp3) is 0.192. The maximum atomic E-state index is 13.1. The molecule has 1 aromatic carbocycles. The summed E-state index contributed by atoms with van der Waals surface area (Å²) >= 11 is 12.5. The molecule has 3 aromatic rings. The van der Waals surface area contributed by atoms with Gasteiger partial charge in [-0.15, -0.1) is 0 Å². The van der Waals surface area contributed by atoms with Crippen LogP contribution in [0.25, 0.3) is 6.08 Å². The Hall–Kier alpha value is -3.65. The SMILES string of the molecule is Cc1c(C(=O)CCCN2C(=O)/C(=C/c3ccc(Cl)cc3)SC2=S)c(O)n(Cc2ccco2)c(=O)c1C#N. The van der Waals surface area contributed by atoms with Gasteiger partial charge in [0.15, 0.2) is 5.78 Å². The molecule has 8 nitrogen and oxygen atoms in total. The molecular weight excluding hydrogens is 534 g/mol. The number of amides is 1. The molecule has 1 saturated heterocycles. The maximum absolute atomic E-state index is 13.1. The van der Waals surface area contributed by atoms with Gasteiger partial charge in [0.1, 0.15) is 21.7 Å². The average molecular weight is 554 g/mol. The van der Waals surface area contributed by atoms with E-state index in [0.29, 0.717) is 20.0 Å². The van der Waals surface area contributed by atoms with E-state index in [2.05, 4.69) is 0 Å². The number of thioether (sulfide) groups is 1. The predicted molar refractivity (Wildman–Crippen MR) is 145 cm³/mol. The molecule has 0 atom stereocenters. The van der Waals surface area contributed by atoms with Crippen LogP contribution in [-0.2, 0) is 11.3 Å². The Balaban J connectivity index is 1.49. The Morgan fingerprint density at radius 3 is 2.65 bits per heavy atom. The summed E-state index contributed by atoms with van der Waals surface area (Å²) in [6.45, 7) is 1.52. The number of aromatic hydroxyl groups is 1. The van der Waals surface area contributed by atoms with Crippen LogP contribution in [0, 0.1) is 18.3 Å². The van der Waals surface area contributed by atoms with Gasteiger partial charge in [-0.25, -0.2) is 0 Å². The third kappa shape index (κ3) is 5.54. The number of carbonyl (C=O) groups excluding carboxylic acids is 2. The molecule has 1 amide bonds. The van der Waals surface area contributed by atoms with E-state index in [1.165, 1.54) is 29.8 Å². The molecule has 0 saturated carbocycles. The number of benzene rings is 1. The molecule has 1 fully saturated rings. The van der Waals surface area contributed by atoms with Gasteiger partial charge in [-0.2, -0.15) is 5.26 Å². The van der Waals surface area contributed by atoms with Gasteiger partial charge >= 0.3 is 0 Å². The first kappa shape index (κ1) is 26.4. The molecule has 0 spiro atoms. The number of rotatable bonds is 8. The highest BCUT2D eigenvalue weighted by Crippen LogP contribution is 2.33. The van der Waals surface area contributed by atoms with Crippen LogP contribution in [0.15, 0.2) is 56.8 Å². The van der Waals surface area contributed by atoms with Crippen LogP contribution in [0.3, 0.4) is 0 Å². The minimum Gasteiger partial charge on any atom is -0.494 e. The van der Waals surface area contributed by atoms with Gasteiger partial charge in [0.2, 0.25) is 5.88 Å². The van der Waals surface area contributed by atoms with Crippen molar-refractivity contribution >= 4 is 57.7 Å². The topological polar surface area (TPSA) is 117 Å². The standard InChI is InChI=1S/C26H20ClN3O5S2/c1-15-19(13-28)23(32)30(14-18-4-3-11-35-18)25(34)22(15)20(31)5-2-10-29-24(33)21(37-26(29)36)12-16-6-8-17(27)9-7-16/h3-4,6-9,11-12,34H,2,5,10,14H2,1H3/b21-12-. The molecule has 1 N–H and O–H groups in total. The van der Waals surface area contributed by atoms with Gasteiger partial charge in [0.25, 0.3) is 11.5 Å². The van der Waals surface area contributed by atoms with E-state index in [4.69, 9.17) is 28.2 Å². The summed E-state index contributed by atoms with van der Waals surface area (Å²) in [5, 5.41) is 20.9. The van der Waals surface area contributed by atoms with E-state index in [9.17, 15) is 24.8 Å². The Morgan fingerprint density at radius 2 is 2.00 bits per heavy atom. The number of carbonyl (C=O) groups is 2. The zero-order valence-corrected chi connectivity index (χ0v) is 22.0. The van der Waals surface area contributed by atoms with Crippen molar-refractivity contribution in [2.45, 2.75) is 26.3 Å². The molecular formula is C26H20ClN3O5S2. The molecule has 1 aliphatic heterocycles. The lowest BCUT2D eigenvalue weighted by Crippen LogP contribution is -2.30. The van der Waals surface area contributed by atoms with E-state index in [0.717, 1.165) is 10.1 Å². The summed E-state index contributed by atoms with van der Waals surface area (Å²) in [6, 6.07) is 12.1. The van der Waals surface area contributed by atoms with Crippen molar-refractivity contribution in [2.75, 3.05) is 6.54 Å². The summed E-state index contributed by atoms with van der Waals surface area (Å²) in [7, 11) is 0. The first-order valence-corrected chi connectivity index (χ1v) is 12.7. The van der Waals surface area contributed by atoms with Crippen molar-refractivity contribution in [2.24, 2.45) is 0 Å². The molecule has 188 valence electrons. The van der Waals surface area contributed by atoms with Crippen LogP contribution in [0.1, 0.15) is 45.7 Å². The normalized spacial score (nSPS) is 14.4. The number of thiocarbonyl (C=S) groups is 1. The predicted octanol–water partition coefficient (Wildman–Crippen LogP) is 4.89. The first-order chi connectivity index (χ1) is 17.7. The van der Waals surface area contributed by atoms with E-state index in [1.807, 2.05) is 6.07 Å². The van der Waals surface area contributed by atoms with Gasteiger partial charge in [-0.1, -0.05) is 47.7 Å². The quantitative estimate of drug-likeness (QED) is 0.238. The summed E-state index contributed by atoms with van der Waals surface area (Å²) in [5.74, 6) is -0.860. The molecule has 0 radical (unpaired) electrons. The van der Waals surface area contributed by atoms with Crippen LogP contribution < -0.4 is 5.56 Å². The summed E-state index contributed by atoms with van der Waals surface area (Å²) in [6.07, 6.45) is 3.37. The number of ketones is 1. The number of pyridine rings is 1. The molecule has 37 heavy (non-hydrogen) atoms. The second kappa shape index (κ2) is 11.2. The Labute approximate surface area is 226 Å². The van der Waals surface area contributed by atoms with Crippen LogP contribution in [0.5, 0.6) is 5.88 Å². The van der Waals surface area contributed by atoms with Crippen molar-refractivity contribution in [1.29, 1.82) is 5.26 Å². The van der Waals surface area contributed by atoms with E-state index in [1.54, 1.807) is 42.5 Å². The molecule has 0 bridgehead atoms. The van der Waals surface area contributed by atoms with Gasteiger partial charge < -0.3 is 9.52 Å². The van der Waals surface area contributed by atoms with Gasteiger partial charge in [0, 0.05) is 18.0 Å². The lowest BCUT2D eigenvalue weighted by molar-refractivity contribution is -0.122. The Morgan fingerprint density at radius 1 is 1.27 bits per heavy atom. The highest BCUT2D eigenvalue weighted by molar-refractivity contribution is 8.26. The highest BCUT2D eigenvalue weighted by atomic mass is 35.5. The van der Waals surface area contributed by atoms with Gasteiger partial charge in [0.05, 0.1) is 23.3 Å². The van der Waals surface area contributed by atoms with Crippen LogP contribution in [0.2, 0.25) is 5.02 Å². The lowest BCUT2D eigenvalue weighted by Gasteiger charge is -2.16. The van der Waals surface area contributed by atoms with Crippen LogP contribution >= 0.6 is 35.6 Å². The number of nitriles is 1. The number of nitrogens with zero attached hydrogens (tertiary/aromatic N) is 3. The van der Waals surface area contributed by atoms with Crippen molar-refractivity contribution in [1.82, 2.24) is 9.47 Å². The maximum Gasteiger partial charge on any atom is 0.271 e. The zero-order valence-electron chi connectivity index (χ0n) is 19.6. The molecule has 11 heteroatoms. The fourth-order valence-electron chi connectivity index (χ4n) is 3.92. The summed E-state index contributed by atoms with van der Waals surface area (Å²) < 4.78 is 6.57. The zero-order chi connectivity index (χ0) is 26.7. The Bertz CT molecular complexity index is 1520. The average Bonchev–Trinajstić information content (AvgIpc) is 3.47. The molecule has 0 aliphatic carbocycles. The number of furan rings is 1. The number of hydrogen-bond donors (Lipinski definition) is 1. The highest BCUT2D eigenvalue weighted by Gasteiger charge is 2.32. The minimum atomic E-state index is -0.713. The molecule has 2 aromatic heterocycles. The van der Waals surface area contributed by atoms with Crippen molar-refractivity contribution < 1.29 is 19.1 Å². The number of Topliss-reactive ketones (excluding diaryl/α,β-unsaturated/α-hetero) is 1. The Kier molecular flexibility index (Phi) is 7.97. The van der Waals surface area contributed by atoms with Crippen molar-refractivity contribution in [3.63, 3.8) is 0 Å². The number of aromatic nitrogens is 1. The van der Waals surface area contributed by atoms with Crippen molar-refractivity contribution in [3.8, 4) is 11.9 Å². The summed E-state index contributed by atoms with van der Waals surface area (Å²) in [4.78, 5) is 40.6. The lowest BCUT2D eigenvalue weighted by atomic mass is 9.99. The third-order valence-electron chi connectivity index (χ3n) is 5.80. The molecule has 1 aliphatic rings. The minimum absolute atomic E-state index is 0.0362. The fourth-order valence-corrected chi connectivity index (χ4v) is 5.35. The monoisotopic (exact) mass is 553 g/mol. The molecule has 0 unspecified atom stereocenters. The second-order valence-corrected chi connectivity index (χ2v) is 10.3. The van der Waals surface area contributed by atoms with E-state index < -0.39 is 17.2 Å². The second-order valence-electron chi connectivity index (χ2n) is 8.19. The van der Waals surface area contributed by atoms with Crippen LogP contribution in [0.4, 0.5) is 0 Å². The van der Waals surface area contributed by atoms with Gasteiger partial charge in [-0.05, 0) is 54.8 Å². The number of halogens is 1. The molecule has 4 rings (SSSR count). The third-order valence-corrected chi connectivity index (χ3v) is 7.43. The summed E-state index contributed by atoms with van der Waals surface area (Å²) in [5.41, 5.74) is -0.116. The first-order valence-electron chi connectivity index (χ1n) is 11.1.